The van der Waals surface area contributed by atoms with E-state index in [1.54, 1.807) is 7.05 Å². The fourth-order valence-corrected chi connectivity index (χ4v) is 2.45. The van der Waals surface area contributed by atoms with Gasteiger partial charge in [-0.15, -0.1) is 0 Å². The van der Waals surface area contributed by atoms with Crippen molar-refractivity contribution in [1.29, 1.82) is 0 Å². The number of aliphatic hydroxyl groups is 1. The van der Waals surface area contributed by atoms with E-state index in [0.29, 0.717) is 23.9 Å². The fourth-order valence-electron chi connectivity index (χ4n) is 2.45. The van der Waals surface area contributed by atoms with Crippen molar-refractivity contribution in [1.82, 2.24) is 15.0 Å². The molecule has 1 fully saturated rings. The Hall–Kier alpha value is -1.63. The highest BCUT2D eigenvalue weighted by atomic mass is 16.5. The second kappa shape index (κ2) is 6.01. The van der Waals surface area contributed by atoms with E-state index in [2.05, 4.69) is 39.4 Å². The average Bonchev–Trinajstić information content (AvgIpc) is 2.48. The molecule has 7 heteroatoms. The summed E-state index contributed by atoms with van der Waals surface area (Å²) in [6.45, 7) is 4.92. The quantitative estimate of drug-likeness (QED) is 0.761. The van der Waals surface area contributed by atoms with Gasteiger partial charge in [0.1, 0.15) is 0 Å². The second-order valence-electron chi connectivity index (χ2n) is 6.46. The van der Waals surface area contributed by atoms with Gasteiger partial charge < -0.3 is 20.5 Å². The largest absolute Gasteiger partial charge is 0.467 e. The van der Waals surface area contributed by atoms with Crippen LogP contribution in [0, 0.1) is 5.41 Å². The third-order valence-electron chi connectivity index (χ3n) is 4.13. The summed E-state index contributed by atoms with van der Waals surface area (Å²) in [6.07, 6.45) is 3.61. The van der Waals surface area contributed by atoms with Crippen LogP contribution in [0.15, 0.2) is 0 Å². The molecular weight excluding hydrogens is 270 g/mol. The zero-order chi connectivity index (χ0) is 15.5. The van der Waals surface area contributed by atoms with Crippen LogP contribution in [0.3, 0.4) is 0 Å². The number of hydrogen-bond acceptors (Lipinski definition) is 7. The first-order valence-electron chi connectivity index (χ1n) is 7.30. The Bertz CT molecular complexity index is 460. The summed E-state index contributed by atoms with van der Waals surface area (Å²) in [4.78, 5) is 12.4. The van der Waals surface area contributed by atoms with E-state index in [1.165, 1.54) is 7.11 Å². The van der Waals surface area contributed by atoms with Crippen molar-refractivity contribution < 1.29 is 9.84 Å². The first-order chi connectivity index (χ1) is 9.86. The van der Waals surface area contributed by atoms with Crippen LogP contribution in [0.1, 0.15) is 39.5 Å². The molecule has 0 atom stereocenters. The van der Waals surface area contributed by atoms with Gasteiger partial charge >= 0.3 is 6.01 Å². The van der Waals surface area contributed by atoms with Gasteiger partial charge in [-0.05, 0) is 31.1 Å². The molecular formula is C14H25N5O2. The van der Waals surface area contributed by atoms with Crippen LogP contribution in [0.25, 0.3) is 0 Å². The van der Waals surface area contributed by atoms with Gasteiger partial charge in [-0.1, -0.05) is 13.8 Å². The van der Waals surface area contributed by atoms with Crippen molar-refractivity contribution in [3.63, 3.8) is 0 Å². The Labute approximate surface area is 125 Å². The van der Waals surface area contributed by atoms with Crippen LogP contribution in [-0.2, 0) is 0 Å². The molecule has 7 nitrogen and oxygen atoms in total. The van der Waals surface area contributed by atoms with Crippen molar-refractivity contribution in [2.24, 2.45) is 5.41 Å². The van der Waals surface area contributed by atoms with Crippen LogP contribution >= 0.6 is 0 Å². The molecule has 118 valence electrons. The summed E-state index contributed by atoms with van der Waals surface area (Å²) >= 11 is 0. The lowest BCUT2D eigenvalue weighted by molar-refractivity contribution is -0.0146. The molecule has 0 bridgehead atoms. The first kappa shape index (κ1) is 15.8. The van der Waals surface area contributed by atoms with E-state index in [4.69, 9.17) is 4.74 Å². The van der Waals surface area contributed by atoms with Gasteiger partial charge in [-0.25, -0.2) is 0 Å². The van der Waals surface area contributed by atoms with Crippen molar-refractivity contribution in [3.05, 3.63) is 0 Å². The normalized spacial score (nSPS) is 19.9. The Morgan fingerprint density at radius 1 is 1.10 bits per heavy atom. The molecule has 0 radical (unpaired) electrons. The maximum Gasteiger partial charge on any atom is 0.322 e. The Balaban J connectivity index is 1.99. The van der Waals surface area contributed by atoms with Crippen molar-refractivity contribution in [3.8, 4) is 6.01 Å². The molecule has 1 heterocycles. The van der Waals surface area contributed by atoms with Gasteiger partial charge in [0.25, 0.3) is 0 Å². The molecule has 1 aromatic rings. The minimum Gasteiger partial charge on any atom is -0.467 e. The lowest BCUT2D eigenvalue weighted by Crippen LogP contribution is -2.42. The summed E-state index contributed by atoms with van der Waals surface area (Å²) in [5, 5.41) is 16.6. The molecule has 0 amide bonds. The molecule has 3 N–H and O–H groups in total. The smallest absolute Gasteiger partial charge is 0.322 e. The highest BCUT2D eigenvalue weighted by molar-refractivity contribution is 5.35. The van der Waals surface area contributed by atoms with Crippen molar-refractivity contribution in [2.75, 3.05) is 31.3 Å². The van der Waals surface area contributed by atoms with Gasteiger partial charge in [0.15, 0.2) is 0 Å². The Morgan fingerprint density at radius 2 is 1.71 bits per heavy atom. The maximum absolute atomic E-state index is 10.6. The van der Waals surface area contributed by atoms with Crippen LogP contribution in [0.2, 0.25) is 0 Å². The van der Waals surface area contributed by atoms with Gasteiger partial charge in [0.2, 0.25) is 11.9 Å². The lowest BCUT2D eigenvalue weighted by atomic mass is 9.71. The number of aromatic nitrogens is 3. The predicted octanol–water partition coefficient (Wildman–Crippen LogP) is 1.67. The van der Waals surface area contributed by atoms with Crippen LogP contribution in [-0.4, -0.2) is 46.4 Å². The van der Waals surface area contributed by atoms with Gasteiger partial charge in [0, 0.05) is 13.6 Å². The molecule has 1 aliphatic carbocycles. The zero-order valence-corrected chi connectivity index (χ0v) is 13.2. The van der Waals surface area contributed by atoms with E-state index >= 15 is 0 Å². The molecule has 0 saturated heterocycles. The Morgan fingerprint density at radius 3 is 2.29 bits per heavy atom. The van der Waals surface area contributed by atoms with E-state index < -0.39 is 5.60 Å². The van der Waals surface area contributed by atoms with Crippen molar-refractivity contribution >= 4 is 11.9 Å². The van der Waals surface area contributed by atoms with E-state index in [1.807, 2.05) is 0 Å². The topological polar surface area (TPSA) is 92.2 Å². The number of anilines is 2. The molecule has 1 aliphatic rings. The predicted molar refractivity (Wildman–Crippen MR) is 81.6 cm³/mol. The monoisotopic (exact) mass is 295 g/mol. The molecule has 1 saturated carbocycles. The second-order valence-corrected chi connectivity index (χ2v) is 6.46. The summed E-state index contributed by atoms with van der Waals surface area (Å²) < 4.78 is 5.04. The van der Waals surface area contributed by atoms with Gasteiger partial charge in [-0.2, -0.15) is 15.0 Å². The minimum absolute atomic E-state index is 0.244. The van der Waals surface area contributed by atoms with Crippen molar-refractivity contribution in [2.45, 2.75) is 45.1 Å². The van der Waals surface area contributed by atoms with Crippen LogP contribution in [0.5, 0.6) is 6.01 Å². The molecule has 0 unspecified atom stereocenters. The standard InChI is InChI=1S/C14H25N5O2/c1-13(2)5-7-14(20,8-6-13)9-16-11-17-10(15-3)18-12(19-11)21-4/h20H,5-9H2,1-4H3,(H2,15,16,17,18,19). The average molecular weight is 295 g/mol. The highest BCUT2D eigenvalue weighted by Crippen LogP contribution is 2.40. The number of rotatable bonds is 5. The number of nitrogens with zero attached hydrogens (tertiary/aromatic N) is 3. The number of ether oxygens (including phenoxy) is 1. The minimum atomic E-state index is -0.699. The van der Waals surface area contributed by atoms with E-state index in [9.17, 15) is 5.11 Å². The molecule has 21 heavy (non-hydrogen) atoms. The highest BCUT2D eigenvalue weighted by Gasteiger charge is 2.36. The number of nitrogens with one attached hydrogen (secondary N) is 2. The van der Waals surface area contributed by atoms with Gasteiger partial charge in [0.05, 0.1) is 12.7 Å². The number of hydrogen-bond donors (Lipinski definition) is 3. The summed E-state index contributed by atoms with van der Waals surface area (Å²) in [5.74, 6) is 0.838. The Kier molecular flexibility index (Phi) is 4.51. The van der Waals surface area contributed by atoms with E-state index in [0.717, 1.165) is 25.7 Å². The zero-order valence-electron chi connectivity index (χ0n) is 13.2. The van der Waals surface area contributed by atoms with Crippen LogP contribution < -0.4 is 15.4 Å². The SMILES string of the molecule is CNc1nc(NCC2(O)CCC(C)(C)CC2)nc(OC)n1. The summed E-state index contributed by atoms with van der Waals surface area (Å²) in [5.41, 5.74) is -0.378. The molecule has 1 aromatic heterocycles. The van der Waals surface area contributed by atoms with E-state index in [-0.39, 0.29) is 6.01 Å². The third kappa shape index (κ3) is 4.17. The van der Waals surface area contributed by atoms with Gasteiger partial charge in [-0.3, -0.25) is 0 Å². The summed E-state index contributed by atoms with van der Waals surface area (Å²) in [7, 11) is 3.24. The fraction of sp³-hybridized carbons (Fsp3) is 0.786. The molecule has 0 aliphatic heterocycles. The third-order valence-corrected chi connectivity index (χ3v) is 4.13. The summed E-state index contributed by atoms with van der Waals surface area (Å²) in [6, 6.07) is 0.244. The maximum atomic E-state index is 10.6. The first-order valence-corrected chi connectivity index (χ1v) is 7.30. The lowest BCUT2D eigenvalue weighted by Gasteiger charge is -2.40. The molecule has 0 aromatic carbocycles. The molecule has 2 rings (SSSR count). The molecule has 0 spiro atoms. The number of methoxy groups -OCH3 is 1. The van der Waals surface area contributed by atoms with Crippen LogP contribution in [0.4, 0.5) is 11.9 Å².